The second-order valence-corrected chi connectivity index (χ2v) is 7.50. The van der Waals surface area contributed by atoms with Crippen molar-refractivity contribution in [2.24, 2.45) is 10.9 Å². The molecule has 0 saturated carbocycles. The van der Waals surface area contributed by atoms with E-state index in [1.807, 2.05) is 12.1 Å². The standard InChI is InChI=1S/C21H36N4O3/c1-8-22-21(24-17-13-25(14(2)3)12-15(17)4)23-11-16-9-18(26-5)20(28-7)19(10-16)27-6/h9-10,14-15,17H,8,11-13H2,1-7H3,(H2,22,23,24). The van der Waals surface area contributed by atoms with Crippen LogP contribution in [0.5, 0.6) is 17.2 Å². The Labute approximate surface area is 169 Å². The number of hydrogen-bond donors (Lipinski definition) is 2. The zero-order valence-corrected chi connectivity index (χ0v) is 18.3. The molecule has 2 unspecified atom stereocenters. The van der Waals surface area contributed by atoms with Crippen molar-refractivity contribution in [1.82, 2.24) is 15.5 Å². The fraction of sp³-hybridized carbons (Fsp3) is 0.667. The highest BCUT2D eigenvalue weighted by Crippen LogP contribution is 2.38. The Hall–Kier alpha value is -2.15. The third kappa shape index (κ3) is 5.44. The average Bonchev–Trinajstić information content (AvgIpc) is 3.06. The second kappa shape index (κ2) is 10.4. The van der Waals surface area contributed by atoms with Gasteiger partial charge in [0.05, 0.1) is 27.9 Å². The minimum atomic E-state index is 0.389. The number of nitrogens with one attached hydrogen (secondary N) is 2. The molecule has 1 heterocycles. The number of ether oxygens (including phenoxy) is 3. The Bertz CT molecular complexity index is 638. The van der Waals surface area contributed by atoms with E-state index in [0.29, 0.717) is 41.8 Å². The number of likely N-dealkylation sites (tertiary alicyclic amines) is 1. The minimum absolute atomic E-state index is 0.389. The molecule has 2 N–H and O–H groups in total. The lowest BCUT2D eigenvalue weighted by atomic mass is 10.1. The van der Waals surface area contributed by atoms with Crippen LogP contribution in [0.1, 0.15) is 33.3 Å². The number of aliphatic imine (C=N–C) groups is 1. The summed E-state index contributed by atoms with van der Waals surface area (Å²) >= 11 is 0. The van der Waals surface area contributed by atoms with Gasteiger partial charge in [-0.2, -0.15) is 0 Å². The van der Waals surface area contributed by atoms with E-state index in [4.69, 9.17) is 19.2 Å². The third-order valence-corrected chi connectivity index (χ3v) is 5.18. The first-order valence-electron chi connectivity index (χ1n) is 10.0. The maximum Gasteiger partial charge on any atom is 0.203 e. The van der Waals surface area contributed by atoms with Crippen LogP contribution in [0, 0.1) is 5.92 Å². The van der Waals surface area contributed by atoms with E-state index in [1.54, 1.807) is 21.3 Å². The highest BCUT2D eigenvalue weighted by atomic mass is 16.5. The van der Waals surface area contributed by atoms with E-state index in [2.05, 4.69) is 43.2 Å². The number of methoxy groups -OCH3 is 3. The van der Waals surface area contributed by atoms with Crippen LogP contribution in [0.3, 0.4) is 0 Å². The Morgan fingerprint density at radius 2 is 1.79 bits per heavy atom. The molecule has 7 nitrogen and oxygen atoms in total. The lowest BCUT2D eigenvalue weighted by Crippen LogP contribution is -2.46. The first kappa shape index (κ1) is 22.1. The fourth-order valence-electron chi connectivity index (χ4n) is 3.51. The van der Waals surface area contributed by atoms with Crippen LogP contribution in [0.2, 0.25) is 0 Å². The van der Waals surface area contributed by atoms with Crippen LogP contribution in [-0.2, 0) is 6.54 Å². The van der Waals surface area contributed by atoms with Crippen LogP contribution in [0.15, 0.2) is 17.1 Å². The summed E-state index contributed by atoms with van der Waals surface area (Å²) in [6.45, 7) is 12.3. The monoisotopic (exact) mass is 392 g/mol. The molecular weight excluding hydrogens is 356 g/mol. The van der Waals surface area contributed by atoms with Crippen molar-refractivity contribution in [3.8, 4) is 17.2 Å². The predicted octanol–water partition coefficient (Wildman–Crippen LogP) is 2.50. The molecule has 2 atom stereocenters. The van der Waals surface area contributed by atoms with Gasteiger partial charge >= 0.3 is 0 Å². The van der Waals surface area contributed by atoms with Gasteiger partial charge in [0.2, 0.25) is 5.75 Å². The Kier molecular flexibility index (Phi) is 8.23. The molecule has 2 rings (SSSR count). The molecule has 0 radical (unpaired) electrons. The normalized spacial score (nSPS) is 20.4. The van der Waals surface area contributed by atoms with Crippen molar-refractivity contribution in [2.45, 2.75) is 46.3 Å². The molecule has 1 aliphatic heterocycles. The van der Waals surface area contributed by atoms with Crippen molar-refractivity contribution in [3.05, 3.63) is 17.7 Å². The van der Waals surface area contributed by atoms with Crippen molar-refractivity contribution in [3.63, 3.8) is 0 Å². The molecule has 1 saturated heterocycles. The third-order valence-electron chi connectivity index (χ3n) is 5.18. The van der Waals surface area contributed by atoms with Gasteiger partial charge < -0.3 is 24.8 Å². The van der Waals surface area contributed by atoms with Crippen LogP contribution >= 0.6 is 0 Å². The molecule has 1 fully saturated rings. The molecule has 0 amide bonds. The smallest absolute Gasteiger partial charge is 0.203 e. The van der Waals surface area contributed by atoms with Gasteiger partial charge in [-0.05, 0) is 44.4 Å². The number of guanidine groups is 1. The summed E-state index contributed by atoms with van der Waals surface area (Å²) < 4.78 is 16.3. The van der Waals surface area contributed by atoms with E-state index in [0.717, 1.165) is 31.2 Å². The van der Waals surface area contributed by atoms with Crippen molar-refractivity contribution >= 4 is 5.96 Å². The van der Waals surface area contributed by atoms with Crippen molar-refractivity contribution < 1.29 is 14.2 Å². The quantitative estimate of drug-likeness (QED) is 0.523. The van der Waals surface area contributed by atoms with Gasteiger partial charge in [0.1, 0.15) is 0 Å². The second-order valence-electron chi connectivity index (χ2n) is 7.50. The number of benzene rings is 1. The summed E-state index contributed by atoms with van der Waals surface area (Å²) in [7, 11) is 4.85. The summed E-state index contributed by atoms with van der Waals surface area (Å²) in [6, 6.07) is 4.83. The Morgan fingerprint density at radius 3 is 2.25 bits per heavy atom. The van der Waals surface area contributed by atoms with Crippen LogP contribution in [-0.4, -0.2) is 63.9 Å². The summed E-state index contributed by atoms with van der Waals surface area (Å²) in [6.07, 6.45) is 0. The Morgan fingerprint density at radius 1 is 1.14 bits per heavy atom. The van der Waals surface area contributed by atoms with E-state index in [1.165, 1.54) is 0 Å². The first-order chi connectivity index (χ1) is 13.4. The van der Waals surface area contributed by atoms with Gasteiger partial charge in [-0.15, -0.1) is 0 Å². The lowest BCUT2D eigenvalue weighted by molar-refractivity contribution is 0.265. The molecule has 0 bridgehead atoms. The largest absolute Gasteiger partial charge is 0.493 e. The van der Waals surface area contributed by atoms with Gasteiger partial charge in [-0.1, -0.05) is 6.92 Å². The van der Waals surface area contributed by atoms with E-state index in [9.17, 15) is 0 Å². The maximum atomic E-state index is 5.44. The first-order valence-corrected chi connectivity index (χ1v) is 10.0. The molecule has 1 aromatic carbocycles. The molecule has 158 valence electrons. The van der Waals surface area contributed by atoms with Gasteiger partial charge in [0.15, 0.2) is 17.5 Å². The summed E-state index contributed by atoms with van der Waals surface area (Å²) in [5.41, 5.74) is 0.995. The van der Waals surface area contributed by atoms with E-state index in [-0.39, 0.29) is 0 Å². The highest BCUT2D eigenvalue weighted by molar-refractivity contribution is 5.80. The summed E-state index contributed by atoms with van der Waals surface area (Å²) in [5, 5.41) is 6.97. The van der Waals surface area contributed by atoms with Gasteiger partial charge in [-0.25, -0.2) is 4.99 Å². The van der Waals surface area contributed by atoms with Gasteiger partial charge in [-0.3, -0.25) is 4.90 Å². The Balaban J connectivity index is 2.14. The van der Waals surface area contributed by atoms with Gasteiger partial charge in [0.25, 0.3) is 0 Å². The van der Waals surface area contributed by atoms with Crippen LogP contribution < -0.4 is 24.8 Å². The topological polar surface area (TPSA) is 67.4 Å². The zero-order chi connectivity index (χ0) is 20.7. The molecule has 1 aliphatic rings. The molecule has 0 aromatic heterocycles. The lowest BCUT2D eigenvalue weighted by Gasteiger charge is -2.22. The maximum absolute atomic E-state index is 5.44. The SMILES string of the molecule is CCNC(=NCc1cc(OC)c(OC)c(OC)c1)NC1CN(C(C)C)CC1C. The molecular formula is C21H36N4O3. The molecule has 7 heteroatoms. The molecule has 28 heavy (non-hydrogen) atoms. The zero-order valence-electron chi connectivity index (χ0n) is 18.3. The van der Waals surface area contributed by atoms with Crippen molar-refractivity contribution in [1.29, 1.82) is 0 Å². The number of hydrogen-bond acceptors (Lipinski definition) is 5. The van der Waals surface area contributed by atoms with Crippen molar-refractivity contribution in [2.75, 3.05) is 41.0 Å². The minimum Gasteiger partial charge on any atom is -0.493 e. The highest BCUT2D eigenvalue weighted by Gasteiger charge is 2.31. The summed E-state index contributed by atoms with van der Waals surface area (Å²) in [4.78, 5) is 7.29. The fourth-order valence-corrected chi connectivity index (χ4v) is 3.51. The average molecular weight is 393 g/mol. The van der Waals surface area contributed by atoms with E-state index < -0.39 is 0 Å². The molecule has 0 aliphatic carbocycles. The predicted molar refractivity (Wildman–Crippen MR) is 114 cm³/mol. The van der Waals surface area contributed by atoms with Crippen LogP contribution in [0.25, 0.3) is 0 Å². The summed E-state index contributed by atoms with van der Waals surface area (Å²) in [5.74, 6) is 3.28. The van der Waals surface area contributed by atoms with E-state index >= 15 is 0 Å². The number of nitrogens with zero attached hydrogens (tertiary/aromatic N) is 2. The van der Waals surface area contributed by atoms with Crippen LogP contribution in [0.4, 0.5) is 0 Å². The van der Waals surface area contributed by atoms with Gasteiger partial charge in [0, 0.05) is 31.7 Å². The number of rotatable bonds is 8. The molecule has 0 spiro atoms. The molecule has 1 aromatic rings.